The van der Waals surface area contributed by atoms with Crippen molar-refractivity contribution >= 4 is 34.3 Å². The van der Waals surface area contributed by atoms with E-state index in [1.54, 1.807) is 11.1 Å². The fraction of sp³-hybridized carbons (Fsp3) is 0.692. The molecule has 0 bridgehead atoms. The first-order valence-electron chi connectivity index (χ1n) is 6.92. The summed E-state index contributed by atoms with van der Waals surface area (Å²) in [6.45, 7) is 8.87. The molecule has 0 radical (unpaired) electrons. The highest BCUT2D eigenvalue weighted by atomic mass is 32.1. The fourth-order valence-electron chi connectivity index (χ4n) is 2.32. The SMILES string of the molecule is CC1(C)OB(c2cnc(N3CCCC3=O)s2)OC1(C)C. The van der Waals surface area contributed by atoms with Crippen molar-refractivity contribution in [1.29, 1.82) is 0 Å². The average molecular weight is 294 g/mol. The van der Waals surface area contributed by atoms with Crippen LogP contribution in [0.5, 0.6) is 0 Å². The first kappa shape index (κ1) is 14.0. The van der Waals surface area contributed by atoms with E-state index in [-0.39, 0.29) is 17.1 Å². The zero-order chi connectivity index (χ0) is 14.5. The van der Waals surface area contributed by atoms with Gasteiger partial charge < -0.3 is 9.31 Å². The molecular weight excluding hydrogens is 275 g/mol. The average Bonchev–Trinajstić information content (AvgIpc) is 2.98. The van der Waals surface area contributed by atoms with E-state index in [2.05, 4.69) is 4.98 Å². The Balaban J connectivity index is 1.80. The summed E-state index contributed by atoms with van der Waals surface area (Å²) in [6, 6.07) is 0. The summed E-state index contributed by atoms with van der Waals surface area (Å²) in [5.74, 6) is 0.153. The van der Waals surface area contributed by atoms with Gasteiger partial charge in [0.15, 0.2) is 5.13 Å². The lowest BCUT2D eigenvalue weighted by atomic mass is 9.89. The lowest BCUT2D eigenvalue weighted by Gasteiger charge is -2.32. The van der Waals surface area contributed by atoms with Gasteiger partial charge in [-0.2, -0.15) is 0 Å². The van der Waals surface area contributed by atoms with Gasteiger partial charge in [0.2, 0.25) is 5.91 Å². The van der Waals surface area contributed by atoms with Gasteiger partial charge in [-0.15, -0.1) is 11.3 Å². The van der Waals surface area contributed by atoms with E-state index in [9.17, 15) is 4.79 Å². The minimum absolute atomic E-state index is 0.153. The number of aromatic nitrogens is 1. The minimum atomic E-state index is -0.399. The number of rotatable bonds is 2. The predicted molar refractivity (Wildman–Crippen MR) is 79.4 cm³/mol. The number of nitrogens with zero attached hydrogens (tertiary/aromatic N) is 2. The van der Waals surface area contributed by atoms with Crippen LogP contribution in [0.2, 0.25) is 0 Å². The molecule has 1 amide bonds. The number of hydrogen-bond donors (Lipinski definition) is 0. The van der Waals surface area contributed by atoms with Crippen molar-refractivity contribution < 1.29 is 14.1 Å². The molecule has 0 unspecified atom stereocenters. The highest BCUT2D eigenvalue weighted by molar-refractivity contribution is 7.25. The van der Waals surface area contributed by atoms with Gasteiger partial charge in [0.05, 0.1) is 16.0 Å². The van der Waals surface area contributed by atoms with Crippen LogP contribution < -0.4 is 9.68 Å². The summed E-state index contributed by atoms with van der Waals surface area (Å²) in [5.41, 5.74) is -0.712. The summed E-state index contributed by atoms with van der Waals surface area (Å²) in [6.07, 6.45) is 3.28. The van der Waals surface area contributed by atoms with Crippen molar-refractivity contribution in [2.24, 2.45) is 0 Å². The van der Waals surface area contributed by atoms with Gasteiger partial charge in [-0.1, -0.05) is 0 Å². The maximum absolute atomic E-state index is 11.7. The zero-order valence-electron chi connectivity index (χ0n) is 12.3. The van der Waals surface area contributed by atoms with Crippen LogP contribution in [0.4, 0.5) is 5.13 Å². The van der Waals surface area contributed by atoms with Crippen LogP contribution in [0.3, 0.4) is 0 Å². The topological polar surface area (TPSA) is 51.7 Å². The van der Waals surface area contributed by atoms with E-state index in [4.69, 9.17) is 9.31 Å². The number of hydrogen-bond acceptors (Lipinski definition) is 5. The summed E-state index contributed by atoms with van der Waals surface area (Å²) < 4.78 is 12.9. The number of amides is 1. The van der Waals surface area contributed by atoms with Crippen LogP contribution in [-0.2, 0) is 14.1 Å². The van der Waals surface area contributed by atoms with Gasteiger partial charge in [-0.3, -0.25) is 9.69 Å². The molecule has 1 aromatic heterocycles. The van der Waals surface area contributed by atoms with Crippen molar-refractivity contribution in [3.8, 4) is 0 Å². The standard InChI is InChI=1S/C13H19BN2O3S/c1-12(2)13(3,4)19-14(18-12)9-8-15-11(20-9)16-7-5-6-10(16)17/h8H,5-7H2,1-4H3. The lowest BCUT2D eigenvalue weighted by molar-refractivity contribution is -0.117. The molecule has 0 spiro atoms. The number of carbonyl (C=O) groups is 1. The molecule has 5 nitrogen and oxygen atoms in total. The van der Waals surface area contributed by atoms with Gasteiger partial charge >= 0.3 is 7.12 Å². The smallest absolute Gasteiger partial charge is 0.399 e. The molecule has 20 heavy (non-hydrogen) atoms. The third-order valence-electron chi connectivity index (χ3n) is 4.30. The summed E-state index contributed by atoms with van der Waals surface area (Å²) in [7, 11) is -0.399. The maximum Gasteiger partial charge on any atom is 0.507 e. The largest absolute Gasteiger partial charge is 0.507 e. The quantitative estimate of drug-likeness (QED) is 0.777. The van der Waals surface area contributed by atoms with Crippen LogP contribution in [-0.4, -0.2) is 35.8 Å². The normalized spacial score (nSPS) is 24.7. The molecule has 108 valence electrons. The second-order valence-corrected chi connectivity index (χ2v) is 7.32. The Morgan fingerprint density at radius 3 is 2.50 bits per heavy atom. The number of carbonyl (C=O) groups excluding carboxylic acids is 1. The van der Waals surface area contributed by atoms with Crippen LogP contribution in [0.25, 0.3) is 0 Å². The van der Waals surface area contributed by atoms with E-state index < -0.39 is 7.12 Å². The Hall–Kier alpha value is -0.915. The van der Waals surface area contributed by atoms with Gasteiger partial charge in [0.25, 0.3) is 0 Å². The fourth-order valence-corrected chi connectivity index (χ4v) is 3.24. The molecule has 2 fully saturated rings. The second-order valence-electron chi connectivity index (χ2n) is 6.28. The van der Waals surface area contributed by atoms with Crippen LogP contribution >= 0.6 is 11.3 Å². The van der Waals surface area contributed by atoms with Crippen molar-refractivity contribution in [3.63, 3.8) is 0 Å². The van der Waals surface area contributed by atoms with Crippen LogP contribution in [0.15, 0.2) is 6.20 Å². The van der Waals surface area contributed by atoms with Crippen molar-refractivity contribution in [3.05, 3.63) is 6.20 Å². The van der Waals surface area contributed by atoms with Gasteiger partial charge in [0.1, 0.15) is 0 Å². The van der Waals surface area contributed by atoms with Gasteiger partial charge in [0, 0.05) is 19.2 Å². The Labute approximate surface area is 123 Å². The first-order chi connectivity index (χ1) is 9.30. The van der Waals surface area contributed by atoms with Crippen molar-refractivity contribution in [2.45, 2.75) is 51.7 Å². The molecule has 3 heterocycles. The lowest BCUT2D eigenvalue weighted by Crippen LogP contribution is -2.41. The Morgan fingerprint density at radius 1 is 1.30 bits per heavy atom. The molecule has 7 heteroatoms. The van der Waals surface area contributed by atoms with Gasteiger partial charge in [-0.05, 0) is 34.1 Å². The molecule has 0 atom stereocenters. The van der Waals surface area contributed by atoms with E-state index in [0.29, 0.717) is 6.42 Å². The monoisotopic (exact) mass is 294 g/mol. The third kappa shape index (κ3) is 2.17. The van der Waals surface area contributed by atoms with E-state index >= 15 is 0 Å². The van der Waals surface area contributed by atoms with E-state index in [1.165, 1.54) is 11.3 Å². The highest BCUT2D eigenvalue weighted by Gasteiger charge is 2.52. The molecule has 2 aliphatic heterocycles. The van der Waals surface area contributed by atoms with Crippen LogP contribution in [0, 0.1) is 0 Å². The molecule has 1 aromatic rings. The molecule has 0 saturated carbocycles. The highest BCUT2D eigenvalue weighted by Crippen LogP contribution is 2.37. The molecule has 0 N–H and O–H groups in total. The van der Waals surface area contributed by atoms with Gasteiger partial charge in [-0.25, -0.2) is 4.98 Å². The number of anilines is 1. The number of thiazole rings is 1. The molecular formula is C13H19BN2O3S. The van der Waals surface area contributed by atoms with Crippen LogP contribution in [0.1, 0.15) is 40.5 Å². The maximum atomic E-state index is 11.7. The predicted octanol–water partition coefficient (Wildman–Crippen LogP) is 1.57. The zero-order valence-corrected chi connectivity index (χ0v) is 13.1. The van der Waals surface area contributed by atoms with E-state index in [0.717, 1.165) is 22.9 Å². The second kappa shape index (κ2) is 4.54. The first-order valence-corrected chi connectivity index (χ1v) is 7.73. The summed E-state index contributed by atoms with van der Waals surface area (Å²) in [4.78, 5) is 17.8. The van der Waals surface area contributed by atoms with Crippen molar-refractivity contribution in [2.75, 3.05) is 11.4 Å². The molecule has 2 aliphatic rings. The summed E-state index contributed by atoms with van der Waals surface area (Å²) >= 11 is 1.48. The minimum Gasteiger partial charge on any atom is -0.399 e. The van der Waals surface area contributed by atoms with E-state index in [1.807, 2.05) is 27.7 Å². The Kier molecular flexibility index (Phi) is 3.19. The Bertz CT molecular complexity index is 527. The summed E-state index contributed by atoms with van der Waals surface area (Å²) in [5, 5.41) is 0.747. The van der Waals surface area contributed by atoms with Crippen molar-refractivity contribution in [1.82, 2.24) is 4.98 Å². The molecule has 0 aliphatic carbocycles. The third-order valence-corrected chi connectivity index (χ3v) is 5.34. The Morgan fingerprint density at radius 2 is 1.95 bits per heavy atom. The molecule has 2 saturated heterocycles. The molecule has 3 rings (SSSR count). The molecule has 0 aromatic carbocycles.